The predicted molar refractivity (Wildman–Crippen MR) is 91.1 cm³/mol. The van der Waals surface area contributed by atoms with Crippen molar-refractivity contribution in [3.05, 3.63) is 60.3 Å². The van der Waals surface area contributed by atoms with Crippen molar-refractivity contribution in [3.63, 3.8) is 0 Å². The van der Waals surface area contributed by atoms with Crippen LogP contribution in [0.25, 0.3) is 11.3 Å². The highest BCUT2D eigenvalue weighted by Gasteiger charge is 2.34. The number of nitrogens with zero attached hydrogens (tertiary/aromatic N) is 2. The van der Waals surface area contributed by atoms with E-state index in [0.717, 1.165) is 6.26 Å². The molecule has 0 atom stereocenters. The number of ether oxygens (including phenoxy) is 3. The summed E-state index contributed by atoms with van der Waals surface area (Å²) in [5, 5.41) is 3.90. The molecule has 1 aromatic carbocycles. The van der Waals surface area contributed by atoms with Gasteiger partial charge in [-0.3, -0.25) is 0 Å². The zero-order chi connectivity index (χ0) is 20.2. The van der Waals surface area contributed by atoms with E-state index in [4.69, 9.17) is 9.47 Å². The molecule has 2 rings (SSSR count). The number of benzene rings is 1. The maximum atomic E-state index is 12.8. The summed E-state index contributed by atoms with van der Waals surface area (Å²) in [5.41, 5.74) is -0.226. The van der Waals surface area contributed by atoms with Crippen LogP contribution in [-0.2, 0) is 14.3 Å². The summed E-state index contributed by atoms with van der Waals surface area (Å²) in [5.74, 6) is -0.649. The van der Waals surface area contributed by atoms with Gasteiger partial charge in [0.15, 0.2) is 0 Å². The van der Waals surface area contributed by atoms with Crippen molar-refractivity contribution in [1.82, 2.24) is 9.78 Å². The molecule has 0 aliphatic rings. The van der Waals surface area contributed by atoms with E-state index in [9.17, 15) is 18.0 Å². The number of methoxy groups -OCH3 is 2. The van der Waals surface area contributed by atoms with Crippen molar-refractivity contribution in [1.29, 1.82) is 0 Å². The van der Waals surface area contributed by atoms with E-state index in [1.165, 1.54) is 37.2 Å². The van der Waals surface area contributed by atoms with Gasteiger partial charge in [0.1, 0.15) is 12.0 Å². The highest BCUT2D eigenvalue weighted by atomic mass is 19.4. The molecule has 0 fully saturated rings. The number of carbonyl (C=O) groups excluding carboxylic acids is 1. The number of hydrogen-bond donors (Lipinski definition) is 0. The Balaban J connectivity index is 2.35. The van der Waals surface area contributed by atoms with Gasteiger partial charge in [-0.25, -0.2) is 9.48 Å². The Morgan fingerprint density at radius 3 is 2.56 bits per heavy atom. The van der Waals surface area contributed by atoms with Gasteiger partial charge in [0.05, 0.1) is 31.2 Å². The molecule has 0 unspecified atom stereocenters. The van der Waals surface area contributed by atoms with Gasteiger partial charge in [-0.15, -0.1) is 0 Å². The molecule has 0 saturated carbocycles. The molecule has 0 spiro atoms. The predicted octanol–water partition coefficient (Wildman–Crippen LogP) is 3.80. The Labute approximate surface area is 153 Å². The van der Waals surface area contributed by atoms with Crippen LogP contribution in [0.1, 0.15) is 11.3 Å². The van der Waals surface area contributed by atoms with Crippen LogP contribution in [0.5, 0.6) is 5.75 Å². The highest BCUT2D eigenvalue weighted by molar-refractivity contribution is 5.86. The number of aromatic nitrogens is 2. The minimum Gasteiger partial charge on any atom is -0.500 e. The second kappa shape index (κ2) is 7.98. The number of alkyl halides is 3. The molecule has 0 amide bonds. The fraction of sp³-hybridized carbons (Fsp3) is 0.222. The van der Waals surface area contributed by atoms with Crippen LogP contribution in [0.3, 0.4) is 0 Å². The third-order valence-corrected chi connectivity index (χ3v) is 3.51. The smallest absolute Gasteiger partial charge is 0.417 e. The Bertz CT molecular complexity index is 885. The van der Waals surface area contributed by atoms with Crippen LogP contribution in [-0.4, -0.2) is 36.1 Å². The maximum absolute atomic E-state index is 12.8. The summed E-state index contributed by atoms with van der Waals surface area (Å²) in [6.07, 6.45) is -2.12. The number of aryl methyl sites for hydroxylation is 1. The van der Waals surface area contributed by atoms with Gasteiger partial charge >= 0.3 is 12.1 Å². The lowest BCUT2D eigenvalue weighted by Crippen LogP contribution is -2.12. The summed E-state index contributed by atoms with van der Waals surface area (Å²) in [6, 6.07) is 6.05. The second-order valence-corrected chi connectivity index (χ2v) is 5.38. The van der Waals surface area contributed by atoms with Gasteiger partial charge in [0.25, 0.3) is 0 Å². The molecular weight excluding hydrogens is 365 g/mol. The van der Waals surface area contributed by atoms with E-state index >= 15 is 0 Å². The first kappa shape index (κ1) is 20.1. The first-order valence-electron chi connectivity index (χ1n) is 7.59. The quantitative estimate of drug-likeness (QED) is 0.432. The first-order valence-corrected chi connectivity index (χ1v) is 7.59. The van der Waals surface area contributed by atoms with E-state index in [2.05, 4.69) is 16.4 Å². The van der Waals surface area contributed by atoms with E-state index < -0.39 is 17.7 Å². The van der Waals surface area contributed by atoms with Gasteiger partial charge in [0, 0.05) is 12.3 Å². The van der Waals surface area contributed by atoms with Crippen LogP contribution < -0.4 is 4.74 Å². The average molecular weight is 382 g/mol. The number of allylic oxidation sites excluding steroid dienone is 1. The van der Waals surface area contributed by atoms with E-state index in [1.54, 1.807) is 19.1 Å². The van der Waals surface area contributed by atoms with Crippen molar-refractivity contribution >= 4 is 11.5 Å². The van der Waals surface area contributed by atoms with Crippen LogP contribution >= 0.6 is 0 Å². The Morgan fingerprint density at radius 2 is 1.96 bits per heavy atom. The zero-order valence-electron chi connectivity index (χ0n) is 14.8. The summed E-state index contributed by atoms with van der Waals surface area (Å²) in [6.45, 7) is 4.76. The molecule has 6 nitrogen and oxygen atoms in total. The Hall–Kier alpha value is -3.23. The monoisotopic (exact) mass is 382 g/mol. The van der Waals surface area contributed by atoms with Crippen molar-refractivity contribution in [2.45, 2.75) is 13.1 Å². The number of rotatable bonds is 6. The van der Waals surface area contributed by atoms with Gasteiger partial charge in [0.2, 0.25) is 5.76 Å². The normalized spacial score (nSPS) is 11.9. The standard InChI is InChI=1S/C18H17F3N2O4/c1-11-5-6-13(9-15(11)27-16(10-25-3)17(24)26-4)23-8-7-14(22-23)12(2)18(19,20)21/h5-10H,2H2,1,3-4H3/b16-10-. The molecule has 27 heavy (non-hydrogen) atoms. The molecule has 2 aromatic rings. The Kier molecular flexibility index (Phi) is 5.94. The topological polar surface area (TPSA) is 62.6 Å². The molecule has 0 N–H and O–H groups in total. The lowest BCUT2D eigenvalue weighted by molar-refractivity contribution is -0.138. The molecular formula is C18H17F3N2O4. The SMILES string of the molecule is C=C(c1ccn(-c2ccc(C)c(O/C(=C\OC)C(=O)OC)c2)n1)C(F)(F)F. The lowest BCUT2D eigenvalue weighted by atomic mass is 10.2. The summed E-state index contributed by atoms with van der Waals surface area (Å²) in [7, 11) is 2.53. The highest BCUT2D eigenvalue weighted by Crippen LogP contribution is 2.31. The molecule has 0 aliphatic heterocycles. The van der Waals surface area contributed by atoms with Gasteiger partial charge < -0.3 is 14.2 Å². The van der Waals surface area contributed by atoms with Crippen LogP contribution in [0.2, 0.25) is 0 Å². The van der Waals surface area contributed by atoms with E-state index in [0.29, 0.717) is 11.3 Å². The molecule has 0 bridgehead atoms. The number of hydrogen-bond acceptors (Lipinski definition) is 5. The van der Waals surface area contributed by atoms with Crippen LogP contribution in [0, 0.1) is 6.92 Å². The van der Waals surface area contributed by atoms with Crippen molar-refractivity contribution in [3.8, 4) is 11.4 Å². The van der Waals surface area contributed by atoms with Crippen LogP contribution in [0.15, 0.2) is 49.1 Å². The molecule has 1 heterocycles. The maximum Gasteiger partial charge on any atom is 0.417 e. The minimum atomic E-state index is -4.57. The second-order valence-electron chi connectivity index (χ2n) is 5.38. The fourth-order valence-electron chi connectivity index (χ4n) is 2.06. The largest absolute Gasteiger partial charge is 0.500 e. The molecule has 0 radical (unpaired) electrons. The summed E-state index contributed by atoms with van der Waals surface area (Å²) >= 11 is 0. The third kappa shape index (κ3) is 4.69. The summed E-state index contributed by atoms with van der Waals surface area (Å²) in [4.78, 5) is 11.7. The molecule has 0 aliphatic carbocycles. The van der Waals surface area contributed by atoms with E-state index in [1.807, 2.05) is 0 Å². The minimum absolute atomic E-state index is 0.188. The van der Waals surface area contributed by atoms with Crippen molar-refractivity contribution < 1.29 is 32.2 Å². The van der Waals surface area contributed by atoms with Crippen molar-refractivity contribution in [2.24, 2.45) is 0 Å². The fourth-order valence-corrected chi connectivity index (χ4v) is 2.06. The molecule has 144 valence electrons. The van der Waals surface area contributed by atoms with E-state index in [-0.39, 0.29) is 17.2 Å². The van der Waals surface area contributed by atoms with Crippen molar-refractivity contribution in [2.75, 3.05) is 14.2 Å². The lowest BCUT2D eigenvalue weighted by Gasteiger charge is -2.12. The van der Waals surface area contributed by atoms with Gasteiger partial charge in [-0.2, -0.15) is 18.3 Å². The molecule has 0 saturated heterocycles. The first-order chi connectivity index (χ1) is 12.7. The van der Waals surface area contributed by atoms with Gasteiger partial charge in [-0.1, -0.05) is 12.6 Å². The molecule has 9 heteroatoms. The number of halogens is 3. The third-order valence-electron chi connectivity index (χ3n) is 3.51. The van der Waals surface area contributed by atoms with Crippen LogP contribution in [0.4, 0.5) is 13.2 Å². The average Bonchev–Trinajstić information content (AvgIpc) is 3.10. The Morgan fingerprint density at radius 1 is 1.26 bits per heavy atom. The summed E-state index contributed by atoms with van der Waals surface area (Å²) < 4.78 is 54.5. The number of esters is 1. The van der Waals surface area contributed by atoms with Gasteiger partial charge in [-0.05, 0) is 24.6 Å². The molecule has 1 aromatic heterocycles. The zero-order valence-corrected chi connectivity index (χ0v) is 14.8. The number of carbonyl (C=O) groups is 1.